The number of hydrogen-bond acceptors (Lipinski definition) is 4. The Morgan fingerprint density at radius 1 is 0.929 bits per heavy atom. The van der Waals surface area contributed by atoms with E-state index in [0.29, 0.717) is 18.5 Å². The molecule has 0 spiro atoms. The quantitative estimate of drug-likeness (QED) is 0.815. The summed E-state index contributed by atoms with van der Waals surface area (Å²) in [6.07, 6.45) is 5.92. The molecular weight excluding hydrogens is 350 g/mol. The van der Waals surface area contributed by atoms with Crippen molar-refractivity contribution >= 4 is 0 Å². The Hall–Kier alpha value is -2.04. The fraction of sp³-hybridized carbons (Fsp3) is 0.500. The molecule has 0 saturated carbocycles. The molecule has 2 aromatic carbocycles. The van der Waals surface area contributed by atoms with Gasteiger partial charge in [0.15, 0.2) is 0 Å². The smallest absolute Gasteiger partial charge is 0.122 e. The summed E-state index contributed by atoms with van der Waals surface area (Å²) < 4.78 is 10.8. The van der Waals surface area contributed by atoms with Crippen molar-refractivity contribution in [1.29, 1.82) is 0 Å². The van der Waals surface area contributed by atoms with E-state index in [9.17, 15) is 5.11 Å². The largest absolute Gasteiger partial charge is 0.497 e. The predicted molar refractivity (Wildman–Crippen MR) is 111 cm³/mol. The molecule has 0 radical (unpaired) electrons. The van der Waals surface area contributed by atoms with E-state index in [1.165, 1.54) is 24.8 Å². The fourth-order valence-electron chi connectivity index (χ4n) is 5.16. The van der Waals surface area contributed by atoms with Crippen LogP contribution in [0.2, 0.25) is 0 Å². The highest BCUT2D eigenvalue weighted by Gasteiger charge is 2.45. The van der Waals surface area contributed by atoms with Crippen LogP contribution in [0.25, 0.3) is 0 Å². The summed E-state index contributed by atoms with van der Waals surface area (Å²) in [6.45, 7) is 0.985. The van der Waals surface area contributed by atoms with Gasteiger partial charge in [0.2, 0.25) is 0 Å². The van der Waals surface area contributed by atoms with Crippen LogP contribution in [-0.2, 0) is 13.0 Å². The highest BCUT2D eigenvalue weighted by molar-refractivity contribution is 5.39. The summed E-state index contributed by atoms with van der Waals surface area (Å²) in [5.41, 5.74) is 1.77. The molecule has 2 aromatic rings. The summed E-state index contributed by atoms with van der Waals surface area (Å²) in [6, 6.07) is 17.5. The molecule has 150 valence electrons. The molecule has 4 heteroatoms. The normalized spacial score (nSPS) is 27.4. The van der Waals surface area contributed by atoms with Crippen LogP contribution in [-0.4, -0.2) is 41.9 Å². The van der Waals surface area contributed by atoms with Gasteiger partial charge >= 0.3 is 0 Å². The summed E-state index contributed by atoms with van der Waals surface area (Å²) >= 11 is 0. The Kier molecular flexibility index (Phi) is 5.61. The first-order valence-electron chi connectivity index (χ1n) is 10.3. The molecule has 0 aliphatic carbocycles. The topological polar surface area (TPSA) is 41.9 Å². The first-order chi connectivity index (χ1) is 13.6. The van der Waals surface area contributed by atoms with E-state index in [1.807, 2.05) is 18.2 Å². The standard InChI is InChI=1S/C24H31NO3/c1-27-22-11-19(12-23(13-22)28-2)14-24(26)15-20-9-6-10-21(16-24)25(20)17-18-7-4-3-5-8-18/h3-5,7-8,11-13,20-21,26H,6,9-10,14-17H2,1-2H3. The molecule has 1 N–H and O–H groups in total. The number of benzene rings is 2. The van der Waals surface area contributed by atoms with Crippen LogP contribution in [0.15, 0.2) is 48.5 Å². The van der Waals surface area contributed by atoms with Crippen molar-refractivity contribution < 1.29 is 14.6 Å². The van der Waals surface area contributed by atoms with E-state index in [-0.39, 0.29) is 0 Å². The zero-order valence-electron chi connectivity index (χ0n) is 16.9. The number of hydrogen-bond donors (Lipinski definition) is 1. The minimum Gasteiger partial charge on any atom is -0.497 e. The van der Waals surface area contributed by atoms with Gasteiger partial charge in [0.05, 0.1) is 19.8 Å². The van der Waals surface area contributed by atoms with Gasteiger partial charge in [-0.25, -0.2) is 0 Å². The minimum absolute atomic E-state index is 0.449. The third kappa shape index (κ3) is 4.18. The van der Waals surface area contributed by atoms with Crippen LogP contribution in [0.3, 0.4) is 0 Å². The maximum atomic E-state index is 11.5. The lowest BCUT2D eigenvalue weighted by Gasteiger charge is -2.52. The number of fused-ring (bicyclic) bond motifs is 2. The Bertz CT molecular complexity index is 755. The van der Waals surface area contributed by atoms with Crippen LogP contribution in [0.4, 0.5) is 0 Å². The van der Waals surface area contributed by atoms with Gasteiger partial charge < -0.3 is 14.6 Å². The highest BCUT2D eigenvalue weighted by atomic mass is 16.5. The van der Waals surface area contributed by atoms with E-state index >= 15 is 0 Å². The highest BCUT2D eigenvalue weighted by Crippen LogP contribution is 2.42. The molecule has 0 aromatic heterocycles. The fourth-order valence-corrected chi connectivity index (χ4v) is 5.16. The monoisotopic (exact) mass is 381 g/mol. The zero-order valence-corrected chi connectivity index (χ0v) is 16.9. The maximum absolute atomic E-state index is 11.5. The third-order valence-corrected chi connectivity index (χ3v) is 6.40. The van der Waals surface area contributed by atoms with Crippen molar-refractivity contribution in [3.05, 3.63) is 59.7 Å². The Morgan fingerprint density at radius 3 is 2.11 bits per heavy atom. The molecule has 2 aliphatic heterocycles. The van der Waals surface area contributed by atoms with Crippen molar-refractivity contribution in [2.45, 2.75) is 62.8 Å². The van der Waals surface area contributed by atoms with Crippen LogP contribution >= 0.6 is 0 Å². The van der Waals surface area contributed by atoms with Gasteiger partial charge in [-0.1, -0.05) is 36.8 Å². The first kappa shape index (κ1) is 19.3. The molecule has 28 heavy (non-hydrogen) atoms. The molecule has 2 heterocycles. The number of aliphatic hydroxyl groups is 1. The van der Waals surface area contributed by atoms with E-state index in [4.69, 9.17) is 9.47 Å². The van der Waals surface area contributed by atoms with Gasteiger partial charge in [0.1, 0.15) is 11.5 Å². The minimum atomic E-state index is -0.666. The Labute approximate surface area is 168 Å². The Balaban J connectivity index is 1.51. The van der Waals surface area contributed by atoms with Crippen LogP contribution in [0, 0.1) is 0 Å². The maximum Gasteiger partial charge on any atom is 0.122 e. The molecule has 2 bridgehead atoms. The second-order valence-corrected chi connectivity index (χ2v) is 8.43. The lowest BCUT2D eigenvalue weighted by molar-refractivity contribution is -0.0946. The molecule has 4 rings (SSSR count). The number of piperidine rings is 2. The number of nitrogens with zero attached hydrogens (tertiary/aromatic N) is 1. The van der Waals surface area contributed by atoms with Crippen molar-refractivity contribution in [3.8, 4) is 11.5 Å². The molecule has 2 fully saturated rings. The lowest BCUT2D eigenvalue weighted by atomic mass is 9.73. The predicted octanol–water partition coefficient (Wildman–Crippen LogP) is 4.19. The zero-order chi connectivity index (χ0) is 19.6. The average Bonchev–Trinajstić information content (AvgIpc) is 2.69. The van der Waals surface area contributed by atoms with Crippen LogP contribution < -0.4 is 9.47 Å². The lowest BCUT2D eigenvalue weighted by Crippen LogP contribution is -2.58. The van der Waals surface area contributed by atoms with Gasteiger partial charge in [-0.15, -0.1) is 0 Å². The van der Waals surface area contributed by atoms with Gasteiger partial charge in [-0.05, 0) is 48.9 Å². The summed E-state index contributed by atoms with van der Waals surface area (Å²) in [7, 11) is 3.33. The van der Waals surface area contributed by atoms with Gasteiger partial charge in [0, 0.05) is 31.1 Å². The van der Waals surface area contributed by atoms with Crippen molar-refractivity contribution in [2.24, 2.45) is 0 Å². The average molecular weight is 382 g/mol. The first-order valence-corrected chi connectivity index (χ1v) is 10.3. The summed E-state index contributed by atoms with van der Waals surface area (Å²) in [4.78, 5) is 2.64. The number of ether oxygens (including phenoxy) is 2. The second-order valence-electron chi connectivity index (χ2n) is 8.43. The van der Waals surface area contributed by atoms with E-state index in [0.717, 1.165) is 36.4 Å². The molecule has 2 unspecified atom stereocenters. The molecular formula is C24H31NO3. The van der Waals surface area contributed by atoms with Crippen molar-refractivity contribution in [3.63, 3.8) is 0 Å². The van der Waals surface area contributed by atoms with Crippen molar-refractivity contribution in [2.75, 3.05) is 14.2 Å². The van der Waals surface area contributed by atoms with E-state index < -0.39 is 5.60 Å². The molecule has 0 amide bonds. The number of rotatable bonds is 6. The molecule has 2 aliphatic rings. The molecule has 2 atom stereocenters. The second kappa shape index (κ2) is 8.14. The van der Waals surface area contributed by atoms with Crippen molar-refractivity contribution in [1.82, 2.24) is 4.90 Å². The van der Waals surface area contributed by atoms with Crippen LogP contribution in [0.5, 0.6) is 11.5 Å². The van der Waals surface area contributed by atoms with E-state index in [2.05, 4.69) is 35.2 Å². The van der Waals surface area contributed by atoms with Gasteiger partial charge in [-0.3, -0.25) is 4.90 Å². The van der Waals surface area contributed by atoms with Crippen LogP contribution in [0.1, 0.15) is 43.2 Å². The number of methoxy groups -OCH3 is 2. The summed E-state index contributed by atoms with van der Waals surface area (Å²) in [5.74, 6) is 1.55. The van der Waals surface area contributed by atoms with Gasteiger partial charge in [-0.2, -0.15) is 0 Å². The van der Waals surface area contributed by atoms with E-state index in [1.54, 1.807) is 14.2 Å². The Morgan fingerprint density at radius 2 is 1.54 bits per heavy atom. The molecule has 2 saturated heterocycles. The SMILES string of the molecule is COc1cc(CC2(O)CC3CCCC(C2)N3Cc2ccccc2)cc(OC)c1. The third-order valence-electron chi connectivity index (χ3n) is 6.40. The summed E-state index contributed by atoms with van der Waals surface area (Å²) in [5, 5.41) is 11.5. The molecule has 4 nitrogen and oxygen atoms in total. The van der Waals surface area contributed by atoms with Gasteiger partial charge in [0.25, 0.3) is 0 Å².